The second-order valence-corrected chi connectivity index (χ2v) is 12.7. The number of nitrogens with one attached hydrogen (secondary N) is 1. The van der Waals surface area contributed by atoms with Gasteiger partial charge in [0, 0.05) is 42.0 Å². The molecule has 2 aliphatic rings. The maximum atomic E-state index is 12.6. The minimum atomic E-state index is -0.538. The van der Waals surface area contributed by atoms with Crippen molar-refractivity contribution < 1.29 is 14.3 Å². The Morgan fingerprint density at radius 1 is 1.10 bits per heavy atom. The van der Waals surface area contributed by atoms with Gasteiger partial charge in [-0.1, -0.05) is 48.2 Å². The molecule has 9 heteroatoms. The van der Waals surface area contributed by atoms with Gasteiger partial charge in [0.2, 0.25) is 5.95 Å². The molecule has 2 aromatic heterocycles. The van der Waals surface area contributed by atoms with E-state index in [1.807, 2.05) is 46.3 Å². The molecule has 2 fully saturated rings. The predicted octanol–water partition coefficient (Wildman–Crippen LogP) is 5.93. The summed E-state index contributed by atoms with van der Waals surface area (Å²) in [6, 6.07) is 14.7. The number of aromatic nitrogens is 3. The van der Waals surface area contributed by atoms with Crippen LogP contribution < -0.4 is 10.2 Å². The molecular weight excluding hydrogens is 510 g/mol. The van der Waals surface area contributed by atoms with Crippen molar-refractivity contribution >= 4 is 40.2 Å². The molecule has 4 heterocycles. The first-order valence-electron chi connectivity index (χ1n) is 13.6. The van der Waals surface area contributed by atoms with E-state index >= 15 is 0 Å². The van der Waals surface area contributed by atoms with Crippen LogP contribution in [0.1, 0.15) is 40.5 Å². The average Bonchev–Trinajstić information content (AvgIpc) is 3.51. The lowest BCUT2D eigenvalue weighted by Gasteiger charge is -2.43. The number of benzene rings is 2. The van der Waals surface area contributed by atoms with Crippen LogP contribution in [0, 0.1) is 5.41 Å². The van der Waals surface area contributed by atoms with E-state index in [1.165, 1.54) is 15.7 Å². The summed E-state index contributed by atoms with van der Waals surface area (Å²) in [5.41, 5.74) is 0.245. The first kappa shape index (κ1) is 26.0. The lowest BCUT2D eigenvalue weighted by molar-refractivity contribution is 0.0434. The number of alkyl carbamates (subject to hydrolysis) is 1. The first-order chi connectivity index (χ1) is 18.7. The number of hydrogen-bond acceptors (Lipinski definition) is 7. The van der Waals surface area contributed by atoms with Crippen LogP contribution in [-0.4, -0.2) is 57.9 Å². The summed E-state index contributed by atoms with van der Waals surface area (Å²) in [5, 5.41) is 5.58. The summed E-state index contributed by atoms with van der Waals surface area (Å²) in [4.78, 5) is 26.8. The highest BCUT2D eigenvalue weighted by Gasteiger charge is 2.50. The molecule has 2 atom stereocenters. The van der Waals surface area contributed by atoms with Gasteiger partial charge in [0.05, 0.1) is 23.6 Å². The van der Waals surface area contributed by atoms with Crippen molar-refractivity contribution in [3.63, 3.8) is 0 Å². The molecule has 6 rings (SSSR count). The number of anilines is 1. The van der Waals surface area contributed by atoms with Gasteiger partial charge in [-0.05, 0) is 57.4 Å². The van der Waals surface area contributed by atoms with Crippen LogP contribution in [-0.2, 0) is 9.47 Å². The smallest absolute Gasteiger partial charge is 0.407 e. The highest BCUT2D eigenvalue weighted by Crippen LogP contribution is 2.43. The Morgan fingerprint density at radius 2 is 1.87 bits per heavy atom. The lowest BCUT2D eigenvalue weighted by atomic mass is 9.73. The van der Waals surface area contributed by atoms with E-state index in [0.717, 1.165) is 42.4 Å². The molecule has 0 radical (unpaired) electrons. The number of carbonyl (C=O) groups excluding carboxylic acids is 1. The minimum absolute atomic E-state index is 0.0621. The molecule has 2 aromatic carbocycles. The second-order valence-electron chi connectivity index (χ2n) is 11.6. The van der Waals surface area contributed by atoms with Gasteiger partial charge >= 0.3 is 6.09 Å². The average molecular weight is 546 g/mol. The molecule has 2 aliphatic heterocycles. The topological polar surface area (TPSA) is 81.0 Å². The number of rotatable bonds is 4. The lowest BCUT2D eigenvalue weighted by Crippen LogP contribution is -2.55. The summed E-state index contributed by atoms with van der Waals surface area (Å²) in [7, 11) is 0. The molecule has 39 heavy (non-hydrogen) atoms. The molecule has 1 N–H and O–H groups in total. The first-order valence-corrected chi connectivity index (χ1v) is 14.4. The number of ether oxygens (including phenoxy) is 2. The number of fused-ring (bicyclic) bond motifs is 2. The Labute approximate surface area is 233 Å². The Balaban J connectivity index is 1.20. The molecular formula is C30H35N5O3S. The highest BCUT2D eigenvalue weighted by atomic mass is 32.2. The predicted molar refractivity (Wildman–Crippen MR) is 154 cm³/mol. The third kappa shape index (κ3) is 5.05. The molecule has 0 saturated carbocycles. The molecule has 2 saturated heterocycles. The molecule has 1 amide bonds. The van der Waals surface area contributed by atoms with Crippen molar-refractivity contribution in [1.82, 2.24) is 19.7 Å². The van der Waals surface area contributed by atoms with Crippen LogP contribution in [0.15, 0.2) is 70.8 Å². The number of amides is 1. The zero-order chi connectivity index (χ0) is 27.2. The molecule has 1 spiro atoms. The molecule has 0 bridgehead atoms. The molecule has 0 unspecified atom stereocenters. The van der Waals surface area contributed by atoms with Gasteiger partial charge in [0.15, 0.2) is 5.65 Å². The van der Waals surface area contributed by atoms with Gasteiger partial charge in [0.25, 0.3) is 0 Å². The fraction of sp³-hybridized carbons (Fsp3) is 0.433. The summed E-state index contributed by atoms with van der Waals surface area (Å²) in [5.74, 6) is 0.892. The van der Waals surface area contributed by atoms with E-state index in [9.17, 15) is 4.79 Å². The van der Waals surface area contributed by atoms with Crippen LogP contribution in [0.25, 0.3) is 16.4 Å². The zero-order valence-electron chi connectivity index (χ0n) is 22.9. The van der Waals surface area contributed by atoms with E-state index in [4.69, 9.17) is 19.4 Å². The largest absolute Gasteiger partial charge is 0.444 e. The molecule has 4 aromatic rings. The SMILES string of the molecule is C[C@@H]1OCC2(CCN(c3ncc(Sc4cccc5ccccc45)c4nccn34)CC2)[C@@H]1NC(=O)OC(C)(C)C. The van der Waals surface area contributed by atoms with Gasteiger partial charge in [0.1, 0.15) is 5.60 Å². The zero-order valence-corrected chi connectivity index (χ0v) is 23.7. The van der Waals surface area contributed by atoms with E-state index in [1.54, 1.807) is 11.8 Å². The van der Waals surface area contributed by atoms with Crippen molar-refractivity contribution in [2.75, 3.05) is 24.6 Å². The van der Waals surface area contributed by atoms with Crippen LogP contribution in [0.2, 0.25) is 0 Å². The Hall–Kier alpha value is -3.30. The Kier molecular flexibility index (Phi) is 6.67. The van der Waals surface area contributed by atoms with Crippen molar-refractivity contribution in [2.24, 2.45) is 5.41 Å². The number of piperidine rings is 1. The second kappa shape index (κ2) is 10.0. The van der Waals surface area contributed by atoms with Gasteiger partial charge in [-0.2, -0.15) is 0 Å². The van der Waals surface area contributed by atoms with Gasteiger partial charge in [-0.3, -0.25) is 4.40 Å². The van der Waals surface area contributed by atoms with Crippen LogP contribution >= 0.6 is 11.8 Å². The van der Waals surface area contributed by atoms with Gasteiger partial charge in [-0.15, -0.1) is 0 Å². The molecule has 0 aliphatic carbocycles. The van der Waals surface area contributed by atoms with Crippen LogP contribution in [0.3, 0.4) is 0 Å². The Morgan fingerprint density at radius 3 is 2.67 bits per heavy atom. The summed E-state index contributed by atoms with van der Waals surface area (Å²) in [6.07, 6.45) is 7.11. The van der Waals surface area contributed by atoms with Gasteiger partial charge in [-0.25, -0.2) is 14.8 Å². The molecule has 204 valence electrons. The van der Waals surface area contributed by atoms with E-state index < -0.39 is 5.60 Å². The number of hydrogen-bond donors (Lipinski definition) is 1. The van der Waals surface area contributed by atoms with Gasteiger partial charge < -0.3 is 19.7 Å². The highest BCUT2D eigenvalue weighted by molar-refractivity contribution is 7.99. The third-order valence-corrected chi connectivity index (χ3v) is 8.90. The van der Waals surface area contributed by atoms with E-state index in [2.05, 4.69) is 57.1 Å². The fourth-order valence-electron chi connectivity index (χ4n) is 5.89. The van der Waals surface area contributed by atoms with Crippen molar-refractivity contribution in [2.45, 2.75) is 68.1 Å². The van der Waals surface area contributed by atoms with Crippen LogP contribution in [0.4, 0.5) is 10.7 Å². The quantitative estimate of drug-likeness (QED) is 0.340. The van der Waals surface area contributed by atoms with E-state index in [0.29, 0.717) is 6.61 Å². The van der Waals surface area contributed by atoms with Crippen LogP contribution in [0.5, 0.6) is 0 Å². The summed E-state index contributed by atoms with van der Waals surface area (Å²) in [6.45, 7) is 9.95. The van der Waals surface area contributed by atoms with Crippen molar-refractivity contribution in [3.8, 4) is 0 Å². The van der Waals surface area contributed by atoms with Crippen molar-refractivity contribution in [1.29, 1.82) is 0 Å². The molecule has 8 nitrogen and oxygen atoms in total. The van der Waals surface area contributed by atoms with E-state index in [-0.39, 0.29) is 23.7 Å². The summed E-state index contributed by atoms with van der Waals surface area (Å²) >= 11 is 1.70. The standard InChI is InChI=1S/C30H35N5O3S/c1-20-25(33-28(36)38-29(2,3)4)30(19-37-20)12-15-34(16-13-30)27-32-18-24(26-31-14-17-35(26)27)39-23-11-7-9-21-8-5-6-10-22(21)23/h5-11,14,17-18,20,25H,12-13,15-16,19H2,1-4H3,(H,33,36)/t20-,25+/m0/s1. The number of carbonyl (C=O) groups is 1. The maximum Gasteiger partial charge on any atom is 0.407 e. The fourth-order valence-corrected chi connectivity index (χ4v) is 6.91. The number of nitrogens with zero attached hydrogens (tertiary/aromatic N) is 4. The Bertz CT molecular complexity index is 1500. The summed E-state index contributed by atoms with van der Waals surface area (Å²) < 4.78 is 13.7. The van der Waals surface area contributed by atoms with Crippen molar-refractivity contribution in [3.05, 3.63) is 61.1 Å². The monoisotopic (exact) mass is 545 g/mol. The minimum Gasteiger partial charge on any atom is -0.444 e. The maximum absolute atomic E-state index is 12.6. The normalized spacial score (nSPS) is 21.1. The third-order valence-electron chi connectivity index (χ3n) is 7.82. The number of imidazole rings is 1.